The van der Waals surface area contributed by atoms with Crippen molar-refractivity contribution in [1.82, 2.24) is 10.2 Å². The first kappa shape index (κ1) is 35.5. The van der Waals surface area contributed by atoms with Gasteiger partial charge in [-0.25, -0.2) is 9.59 Å². The van der Waals surface area contributed by atoms with Crippen molar-refractivity contribution in [3.63, 3.8) is 0 Å². The Morgan fingerprint density at radius 2 is 1.43 bits per heavy atom. The Kier molecular flexibility index (Phi) is 12.0. The zero-order chi connectivity index (χ0) is 34.8. The highest BCUT2D eigenvalue weighted by molar-refractivity contribution is 6.00. The highest BCUT2D eigenvalue weighted by atomic mass is 16.6. The van der Waals surface area contributed by atoms with E-state index in [1.165, 1.54) is 30.4 Å². The van der Waals surface area contributed by atoms with Gasteiger partial charge in [-0.15, -0.1) is 0 Å². The number of piperidine rings is 1. The second kappa shape index (κ2) is 16.5. The molecular weight excluding hydrogens is 622 g/mol. The van der Waals surface area contributed by atoms with Gasteiger partial charge in [0, 0.05) is 35.5 Å². The van der Waals surface area contributed by atoms with Crippen LogP contribution >= 0.6 is 0 Å². The maximum Gasteiger partial charge on any atom is 0.336 e. The fourth-order valence-electron chi connectivity index (χ4n) is 7.09. The van der Waals surface area contributed by atoms with Crippen LogP contribution in [0.15, 0.2) is 107 Å². The minimum absolute atomic E-state index is 0.0164. The number of rotatable bonds is 14. The Morgan fingerprint density at radius 3 is 1.98 bits per heavy atom. The normalized spacial score (nSPS) is 17.7. The Hall–Kier alpha value is -4.80. The molecule has 0 spiro atoms. The van der Waals surface area contributed by atoms with Crippen LogP contribution in [0.2, 0.25) is 0 Å². The number of hydrogen-bond donors (Lipinski definition) is 1. The first-order valence-corrected chi connectivity index (χ1v) is 17.0. The van der Waals surface area contributed by atoms with E-state index in [1.54, 1.807) is 12.1 Å². The molecule has 1 atom stereocenters. The van der Waals surface area contributed by atoms with Gasteiger partial charge in [-0.2, -0.15) is 0 Å². The second-order valence-electron chi connectivity index (χ2n) is 12.3. The van der Waals surface area contributed by atoms with Crippen molar-refractivity contribution in [3.05, 3.63) is 134 Å². The molecule has 0 aliphatic carbocycles. The van der Waals surface area contributed by atoms with Gasteiger partial charge in [0.05, 0.1) is 42.3 Å². The summed E-state index contributed by atoms with van der Waals surface area (Å²) in [4.78, 5) is 40.3. The number of nitro groups is 1. The number of nitrogens with one attached hydrogen (secondary N) is 1. The number of non-ortho nitro benzene ring substituents is 1. The van der Waals surface area contributed by atoms with Gasteiger partial charge in [0.1, 0.15) is 6.61 Å². The zero-order valence-electron chi connectivity index (χ0n) is 28.5. The van der Waals surface area contributed by atoms with Gasteiger partial charge in [-0.3, -0.25) is 10.1 Å². The van der Waals surface area contributed by atoms with Crippen molar-refractivity contribution in [1.29, 1.82) is 0 Å². The number of carbonyl (C=O) groups is 2. The number of likely N-dealkylation sites (tertiary alicyclic amines) is 1. The van der Waals surface area contributed by atoms with Crippen LogP contribution in [0, 0.1) is 10.1 Å². The average Bonchev–Trinajstić information content (AvgIpc) is 3.15. The number of nitro benzene ring substituents is 1. The number of benzene rings is 3. The molecule has 0 radical (unpaired) electrons. The summed E-state index contributed by atoms with van der Waals surface area (Å²) in [5.74, 6) is -2.13. The van der Waals surface area contributed by atoms with Crippen LogP contribution in [0.5, 0.6) is 0 Å². The molecule has 0 amide bonds. The van der Waals surface area contributed by atoms with Gasteiger partial charge in [0.2, 0.25) is 0 Å². The van der Waals surface area contributed by atoms with E-state index in [1.807, 2.05) is 13.8 Å². The summed E-state index contributed by atoms with van der Waals surface area (Å²) >= 11 is 0. The van der Waals surface area contributed by atoms with Crippen LogP contribution in [-0.2, 0) is 29.2 Å². The van der Waals surface area contributed by atoms with Crippen molar-refractivity contribution in [2.24, 2.45) is 0 Å². The van der Waals surface area contributed by atoms with Crippen LogP contribution in [0.25, 0.3) is 0 Å². The summed E-state index contributed by atoms with van der Waals surface area (Å²) in [5, 5.41) is 14.9. The van der Waals surface area contributed by atoms with E-state index in [2.05, 4.69) is 70.9 Å². The van der Waals surface area contributed by atoms with Crippen molar-refractivity contribution in [2.45, 2.75) is 50.9 Å². The molecule has 5 rings (SSSR count). The minimum Gasteiger partial charge on any atom is -0.466 e. The molecule has 2 heterocycles. The molecule has 10 heteroatoms. The van der Waals surface area contributed by atoms with E-state index in [0.29, 0.717) is 36.4 Å². The SMILES string of the molecule is CCC1=C(C(=O)OC)C(c2cccc([N+](=O)[O-])c2)C(C(=O)OCCOCCN2CCC(c3ccccc3)(c3ccccc3)CC2)=C(CC)N1. The molecule has 0 saturated carbocycles. The van der Waals surface area contributed by atoms with Crippen LogP contribution in [0.4, 0.5) is 5.69 Å². The Bertz CT molecular complexity index is 1640. The lowest BCUT2D eigenvalue weighted by molar-refractivity contribution is -0.384. The van der Waals surface area contributed by atoms with E-state index in [0.717, 1.165) is 32.5 Å². The number of hydrogen-bond acceptors (Lipinski definition) is 9. The molecule has 10 nitrogen and oxygen atoms in total. The van der Waals surface area contributed by atoms with Crippen LogP contribution < -0.4 is 5.32 Å². The second-order valence-corrected chi connectivity index (χ2v) is 12.3. The lowest BCUT2D eigenvalue weighted by Gasteiger charge is -2.43. The van der Waals surface area contributed by atoms with E-state index < -0.39 is 22.8 Å². The monoisotopic (exact) mass is 667 g/mol. The third-order valence-corrected chi connectivity index (χ3v) is 9.65. The number of nitrogens with zero attached hydrogens (tertiary/aromatic N) is 2. The predicted molar refractivity (Wildman–Crippen MR) is 187 cm³/mol. The quantitative estimate of drug-likeness (QED) is 0.0898. The van der Waals surface area contributed by atoms with Gasteiger partial charge in [0.25, 0.3) is 5.69 Å². The number of carbonyl (C=O) groups excluding carboxylic acids is 2. The largest absolute Gasteiger partial charge is 0.466 e. The summed E-state index contributed by atoms with van der Waals surface area (Å²) < 4.78 is 16.7. The molecule has 1 unspecified atom stereocenters. The number of ether oxygens (including phenoxy) is 3. The summed E-state index contributed by atoms with van der Waals surface area (Å²) in [6.07, 6.45) is 2.94. The molecule has 258 valence electrons. The first-order valence-electron chi connectivity index (χ1n) is 17.0. The number of dihydropyridines is 1. The molecule has 1 saturated heterocycles. The summed E-state index contributed by atoms with van der Waals surface area (Å²) in [5.41, 5.74) is 4.63. The van der Waals surface area contributed by atoms with Crippen LogP contribution in [0.3, 0.4) is 0 Å². The molecule has 2 aliphatic heterocycles. The lowest BCUT2D eigenvalue weighted by Crippen LogP contribution is -2.44. The smallest absolute Gasteiger partial charge is 0.336 e. The van der Waals surface area contributed by atoms with Crippen molar-refractivity contribution >= 4 is 17.6 Å². The molecule has 0 aromatic heterocycles. The fraction of sp³-hybridized carbons (Fsp3) is 0.385. The number of esters is 2. The van der Waals surface area contributed by atoms with E-state index in [-0.39, 0.29) is 35.5 Å². The third-order valence-electron chi connectivity index (χ3n) is 9.65. The summed E-state index contributed by atoms with van der Waals surface area (Å²) in [7, 11) is 1.27. The molecule has 3 aromatic carbocycles. The average molecular weight is 668 g/mol. The van der Waals surface area contributed by atoms with E-state index in [4.69, 9.17) is 14.2 Å². The van der Waals surface area contributed by atoms with Crippen LogP contribution in [-0.4, -0.2) is 68.3 Å². The minimum atomic E-state index is -0.898. The molecule has 1 fully saturated rings. The standard InChI is InChI=1S/C39H45N3O7/c1-4-32-35(37(43)47-3)34(28-13-12-18-31(27-28)42(45)46)36(33(5-2)40-32)38(44)49-26-25-48-24-23-41-21-19-39(20-22-41,29-14-8-6-9-15-29)30-16-10-7-11-17-30/h6-18,27,34,40H,4-5,19-26H2,1-3H3. The highest BCUT2D eigenvalue weighted by Gasteiger charge is 2.40. The van der Waals surface area contributed by atoms with Crippen molar-refractivity contribution in [3.8, 4) is 0 Å². The molecule has 2 aliphatic rings. The Morgan fingerprint density at radius 1 is 0.837 bits per heavy atom. The first-order chi connectivity index (χ1) is 23.8. The predicted octanol–water partition coefficient (Wildman–Crippen LogP) is 6.42. The molecule has 1 N–H and O–H groups in total. The number of allylic oxidation sites excluding steroid dienone is 2. The van der Waals surface area contributed by atoms with Gasteiger partial charge in [-0.05, 0) is 55.5 Å². The molecule has 3 aromatic rings. The van der Waals surface area contributed by atoms with E-state index >= 15 is 0 Å². The maximum atomic E-state index is 13.7. The maximum absolute atomic E-state index is 13.7. The van der Waals surface area contributed by atoms with Gasteiger partial charge in [0.15, 0.2) is 0 Å². The molecule has 49 heavy (non-hydrogen) atoms. The van der Waals surface area contributed by atoms with Gasteiger partial charge < -0.3 is 24.4 Å². The topological polar surface area (TPSA) is 120 Å². The molecule has 0 bridgehead atoms. The van der Waals surface area contributed by atoms with E-state index in [9.17, 15) is 19.7 Å². The van der Waals surface area contributed by atoms with Gasteiger partial charge >= 0.3 is 11.9 Å². The molecular formula is C39H45N3O7. The van der Waals surface area contributed by atoms with Gasteiger partial charge in [-0.1, -0.05) is 86.6 Å². The van der Waals surface area contributed by atoms with Crippen molar-refractivity contribution in [2.75, 3.05) is 46.6 Å². The summed E-state index contributed by atoms with van der Waals surface area (Å²) in [6.45, 7) is 7.16. The Labute approximate surface area is 287 Å². The number of methoxy groups -OCH3 is 1. The third kappa shape index (κ3) is 7.92. The summed E-state index contributed by atoms with van der Waals surface area (Å²) in [6, 6.07) is 27.5. The fourth-order valence-corrected chi connectivity index (χ4v) is 7.09. The highest BCUT2D eigenvalue weighted by Crippen LogP contribution is 2.43. The van der Waals surface area contributed by atoms with Crippen molar-refractivity contribution < 1.29 is 28.7 Å². The lowest BCUT2D eigenvalue weighted by atomic mass is 9.68. The zero-order valence-corrected chi connectivity index (χ0v) is 28.5. The Balaban J connectivity index is 1.19. The van der Waals surface area contributed by atoms with Crippen LogP contribution in [0.1, 0.15) is 62.1 Å².